The maximum Gasteiger partial charge on any atom is 0.127 e. The Hall–Kier alpha value is -1.09. The van der Waals surface area contributed by atoms with Crippen molar-refractivity contribution in [3.63, 3.8) is 0 Å². The lowest BCUT2D eigenvalue weighted by Gasteiger charge is -2.08. The summed E-state index contributed by atoms with van der Waals surface area (Å²) >= 11 is 0. The second-order valence-electron chi connectivity index (χ2n) is 3.82. The first-order chi connectivity index (χ1) is 7.76. The number of hydrogen-bond donors (Lipinski definition) is 1. The Labute approximate surface area is 96.8 Å². The molecule has 0 aromatic heterocycles. The van der Waals surface area contributed by atoms with Gasteiger partial charge in [-0.15, -0.1) is 0 Å². The molecule has 2 nitrogen and oxygen atoms in total. The molecule has 0 radical (unpaired) electrons. The summed E-state index contributed by atoms with van der Waals surface area (Å²) in [5.74, 6) is 0.386. The lowest BCUT2D eigenvalue weighted by atomic mass is 10.2. The molecular weight excluding hydrogens is 205 g/mol. The van der Waals surface area contributed by atoms with Crippen LogP contribution in [0.25, 0.3) is 0 Å². The molecule has 0 saturated heterocycles. The van der Waals surface area contributed by atoms with E-state index in [4.69, 9.17) is 4.74 Å². The summed E-state index contributed by atoms with van der Waals surface area (Å²) in [5.41, 5.74) is 0.930. The normalized spacial score (nSPS) is 10.4. The van der Waals surface area contributed by atoms with E-state index in [1.165, 1.54) is 6.07 Å². The summed E-state index contributed by atoms with van der Waals surface area (Å²) in [5, 5.41) is 3.24. The minimum atomic E-state index is -0.234. The summed E-state index contributed by atoms with van der Waals surface area (Å²) in [6, 6.07) is 4.86. The lowest BCUT2D eigenvalue weighted by Crippen LogP contribution is -2.14. The van der Waals surface area contributed by atoms with Gasteiger partial charge in [-0.3, -0.25) is 0 Å². The fourth-order valence-electron chi connectivity index (χ4n) is 1.44. The first-order valence-corrected chi connectivity index (χ1v) is 5.89. The lowest BCUT2D eigenvalue weighted by molar-refractivity contribution is 0.315. The molecule has 0 bridgehead atoms. The van der Waals surface area contributed by atoms with Gasteiger partial charge in [0.2, 0.25) is 0 Å². The minimum absolute atomic E-state index is 0.234. The molecule has 16 heavy (non-hydrogen) atoms. The fourth-order valence-corrected chi connectivity index (χ4v) is 1.44. The van der Waals surface area contributed by atoms with E-state index in [1.54, 1.807) is 6.07 Å². The zero-order valence-corrected chi connectivity index (χ0v) is 10.1. The van der Waals surface area contributed by atoms with Gasteiger partial charge >= 0.3 is 0 Å². The molecule has 0 atom stereocenters. The molecule has 1 rings (SSSR count). The van der Waals surface area contributed by atoms with Crippen LogP contribution in [-0.2, 0) is 6.54 Å². The highest BCUT2D eigenvalue weighted by molar-refractivity contribution is 5.29. The van der Waals surface area contributed by atoms with Gasteiger partial charge < -0.3 is 10.1 Å². The molecule has 0 spiro atoms. The molecule has 0 saturated carbocycles. The largest absolute Gasteiger partial charge is 0.493 e. The van der Waals surface area contributed by atoms with Crippen LogP contribution in [0.3, 0.4) is 0 Å². The third-order valence-electron chi connectivity index (χ3n) is 2.16. The van der Waals surface area contributed by atoms with Crippen LogP contribution >= 0.6 is 0 Å². The van der Waals surface area contributed by atoms with Crippen LogP contribution in [-0.4, -0.2) is 13.2 Å². The average molecular weight is 225 g/mol. The first-order valence-electron chi connectivity index (χ1n) is 5.89. The van der Waals surface area contributed by atoms with E-state index in [1.807, 2.05) is 13.0 Å². The second-order valence-corrected chi connectivity index (χ2v) is 3.82. The third-order valence-corrected chi connectivity index (χ3v) is 2.16. The van der Waals surface area contributed by atoms with E-state index in [-0.39, 0.29) is 5.82 Å². The maximum absolute atomic E-state index is 13.3. The van der Waals surface area contributed by atoms with Crippen molar-refractivity contribution in [2.45, 2.75) is 33.2 Å². The number of halogens is 1. The quantitative estimate of drug-likeness (QED) is 0.720. The number of rotatable bonds is 7. The van der Waals surface area contributed by atoms with E-state index in [0.717, 1.165) is 24.9 Å². The molecule has 1 aromatic rings. The summed E-state index contributed by atoms with van der Waals surface area (Å²) < 4.78 is 18.7. The number of ether oxygens (including phenoxy) is 1. The van der Waals surface area contributed by atoms with Gasteiger partial charge in [0.05, 0.1) is 6.61 Å². The maximum atomic E-state index is 13.3. The van der Waals surface area contributed by atoms with Crippen LogP contribution in [0.2, 0.25) is 0 Å². The molecule has 0 amide bonds. The monoisotopic (exact) mass is 225 g/mol. The van der Waals surface area contributed by atoms with Crippen molar-refractivity contribution in [3.8, 4) is 5.75 Å². The molecule has 0 fully saturated rings. The molecule has 0 aliphatic rings. The Bertz CT molecular complexity index is 315. The van der Waals surface area contributed by atoms with Crippen molar-refractivity contribution in [3.05, 3.63) is 29.6 Å². The van der Waals surface area contributed by atoms with E-state index in [0.29, 0.717) is 18.9 Å². The topological polar surface area (TPSA) is 21.3 Å². The molecule has 1 aromatic carbocycles. The molecule has 0 heterocycles. The minimum Gasteiger partial charge on any atom is -0.493 e. The Balaban J connectivity index is 2.58. The van der Waals surface area contributed by atoms with Crippen molar-refractivity contribution in [1.82, 2.24) is 5.32 Å². The van der Waals surface area contributed by atoms with Crippen LogP contribution < -0.4 is 10.1 Å². The fraction of sp³-hybridized carbons (Fsp3) is 0.538. The van der Waals surface area contributed by atoms with Gasteiger partial charge in [-0.2, -0.15) is 0 Å². The van der Waals surface area contributed by atoms with Crippen LogP contribution in [0.4, 0.5) is 4.39 Å². The van der Waals surface area contributed by atoms with Gasteiger partial charge in [0, 0.05) is 12.6 Å². The van der Waals surface area contributed by atoms with E-state index < -0.39 is 0 Å². The van der Waals surface area contributed by atoms with E-state index >= 15 is 0 Å². The predicted molar refractivity (Wildman–Crippen MR) is 64.2 cm³/mol. The molecule has 90 valence electrons. The second kappa shape index (κ2) is 7.23. The smallest absolute Gasteiger partial charge is 0.127 e. The van der Waals surface area contributed by atoms with Crippen LogP contribution in [0, 0.1) is 5.82 Å². The van der Waals surface area contributed by atoms with E-state index in [2.05, 4.69) is 12.2 Å². The SMILES string of the molecule is CCCNCc1cc(F)cc(OCCC)c1. The van der Waals surface area contributed by atoms with Gasteiger partial charge in [-0.05, 0) is 37.1 Å². The summed E-state index contributed by atoms with van der Waals surface area (Å²) in [7, 11) is 0. The zero-order valence-electron chi connectivity index (χ0n) is 10.1. The molecule has 0 aliphatic heterocycles. The molecule has 0 aliphatic carbocycles. The number of nitrogens with one attached hydrogen (secondary N) is 1. The Morgan fingerprint density at radius 2 is 2.00 bits per heavy atom. The molecule has 3 heteroatoms. The molecule has 0 unspecified atom stereocenters. The van der Waals surface area contributed by atoms with Gasteiger partial charge in [-0.1, -0.05) is 13.8 Å². The first kappa shape index (κ1) is 13.0. The standard InChI is InChI=1S/C13H20FNO/c1-3-5-15-10-11-7-12(14)9-13(8-11)16-6-4-2/h7-9,15H,3-6,10H2,1-2H3. The summed E-state index contributed by atoms with van der Waals surface area (Å²) in [4.78, 5) is 0. The van der Waals surface area contributed by atoms with Crippen molar-refractivity contribution >= 4 is 0 Å². The number of benzene rings is 1. The van der Waals surface area contributed by atoms with Crippen molar-refractivity contribution < 1.29 is 9.13 Å². The van der Waals surface area contributed by atoms with Crippen LogP contribution in [0.5, 0.6) is 5.75 Å². The van der Waals surface area contributed by atoms with Crippen LogP contribution in [0.1, 0.15) is 32.3 Å². The Morgan fingerprint density at radius 1 is 1.19 bits per heavy atom. The van der Waals surface area contributed by atoms with Gasteiger partial charge in [-0.25, -0.2) is 4.39 Å². The van der Waals surface area contributed by atoms with Crippen molar-refractivity contribution in [2.75, 3.05) is 13.2 Å². The number of hydrogen-bond acceptors (Lipinski definition) is 2. The van der Waals surface area contributed by atoms with Crippen LogP contribution in [0.15, 0.2) is 18.2 Å². The third kappa shape index (κ3) is 4.62. The molecule has 1 N–H and O–H groups in total. The summed E-state index contributed by atoms with van der Waals surface area (Å²) in [6.45, 7) is 6.40. The van der Waals surface area contributed by atoms with Gasteiger partial charge in [0.1, 0.15) is 11.6 Å². The zero-order chi connectivity index (χ0) is 11.8. The highest BCUT2D eigenvalue weighted by atomic mass is 19.1. The highest BCUT2D eigenvalue weighted by Crippen LogP contribution is 2.16. The Morgan fingerprint density at radius 3 is 2.69 bits per heavy atom. The van der Waals surface area contributed by atoms with Crippen molar-refractivity contribution in [2.24, 2.45) is 0 Å². The average Bonchev–Trinajstić information content (AvgIpc) is 2.26. The predicted octanol–water partition coefficient (Wildman–Crippen LogP) is 3.11. The summed E-state index contributed by atoms with van der Waals surface area (Å²) in [6.07, 6.45) is 2.01. The molecular formula is C13H20FNO. The van der Waals surface area contributed by atoms with Crippen molar-refractivity contribution in [1.29, 1.82) is 0 Å². The van der Waals surface area contributed by atoms with Gasteiger partial charge in [0.15, 0.2) is 0 Å². The highest BCUT2D eigenvalue weighted by Gasteiger charge is 2.01. The Kier molecular flexibility index (Phi) is 5.86. The van der Waals surface area contributed by atoms with Gasteiger partial charge in [0.25, 0.3) is 0 Å². The van der Waals surface area contributed by atoms with E-state index in [9.17, 15) is 4.39 Å².